The molecule has 0 unspecified atom stereocenters. The zero-order chi connectivity index (χ0) is 10.4. The summed E-state index contributed by atoms with van der Waals surface area (Å²) in [5.41, 5.74) is 1.38. The maximum absolute atomic E-state index is 11.3. The maximum Gasteiger partial charge on any atom is 0.273 e. The van der Waals surface area contributed by atoms with E-state index in [1.165, 1.54) is 0 Å². The number of fused-ring (bicyclic) bond motifs is 3. The van der Waals surface area contributed by atoms with Crippen LogP contribution in [0.2, 0.25) is 5.02 Å². The summed E-state index contributed by atoms with van der Waals surface area (Å²) in [4.78, 5) is 15.5. The molecule has 0 atom stereocenters. The third-order valence-electron chi connectivity index (χ3n) is 2.38. The molecular formula is C10H6ClN3O. The summed E-state index contributed by atoms with van der Waals surface area (Å²) in [5.74, 6) is 0. The van der Waals surface area contributed by atoms with E-state index < -0.39 is 0 Å². The van der Waals surface area contributed by atoms with Crippen molar-refractivity contribution in [3.63, 3.8) is 0 Å². The Bertz CT molecular complexity index is 713. The van der Waals surface area contributed by atoms with Crippen molar-refractivity contribution < 1.29 is 0 Å². The van der Waals surface area contributed by atoms with Gasteiger partial charge in [-0.2, -0.15) is 0 Å². The SMILES string of the molecule is O=c1[nH][nH]c2c1cnc1ccc(Cl)cc12. The monoisotopic (exact) mass is 219 g/mol. The van der Waals surface area contributed by atoms with Gasteiger partial charge in [0.05, 0.1) is 16.4 Å². The summed E-state index contributed by atoms with van der Waals surface area (Å²) in [5, 5.41) is 7.36. The van der Waals surface area contributed by atoms with Crippen molar-refractivity contribution in [2.75, 3.05) is 0 Å². The fourth-order valence-corrected chi connectivity index (χ4v) is 1.83. The van der Waals surface area contributed by atoms with Gasteiger partial charge in [0.1, 0.15) is 0 Å². The molecule has 15 heavy (non-hydrogen) atoms. The normalized spacial score (nSPS) is 11.3. The quantitative estimate of drug-likeness (QED) is 0.608. The lowest BCUT2D eigenvalue weighted by atomic mass is 10.2. The summed E-state index contributed by atoms with van der Waals surface area (Å²) >= 11 is 5.90. The smallest absolute Gasteiger partial charge is 0.273 e. The molecule has 3 aromatic rings. The Morgan fingerprint density at radius 2 is 2.07 bits per heavy atom. The largest absolute Gasteiger partial charge is 0.297 e. The molecular weight excluding hydrogens is 214 g/mol. The van der Waals surface area contributed by atoms with E-state index >= 15 is 0 Å². The summed E-state index contributed by atoms with van der Waals surface area (Å²) in [7, 11) is 0. The van der Waals surface area contributed by atoms with Crippen LogP contribution in [0.4, 0.5) is 0 Å². The Kier molecular flexibility index (Phi) is 1.61. The minimum atomic E-state index is -0.167. The first-order valence-electron chi connectivity index (χ1n) is 4.40. The van der Waals surface area contributed by atoms with Crippen LogP contribution in [0.5, 0.6) is 0 Å². The van der Waals surface area contributed by atoms with E-state index in [0.717, 1.165) is 16.4 Å². The van der Waals surface area contributed by atoms with Gasteiger partial charge in [0.15, 0.2) is 0 Å². The fourth-order valence-electron chi connectivity index (χ4n) is 1.66. The van der Waals surface area contributed by atoms with E-state index in [1.807, 2.05) is 6.07 Å². The van der Waals surface area contributed by atoms with Gasteiger partial charge < -0.3 is 0 Å². The van der Waals surface area contributed by atoms with E-state index in [1.54, 1.807) is 18.3 Å². The van der Waals surface area contributed by atoms with Crippen molar-refractivity contribution in [2.45, 2.75) is 0 Å². The topological polar surface area (TPSA) is 61.5 Å². The number of aromatic amines is 2. The number of H-pyrrole nitrogens is 2. The highest BCUT2D eigenvalue weighted by molar-refractivity contribution is 6.31. The molecule has 0 aliphatic rings. The maximum atomic E-state index is 11.3. The molecule has 2 N–H and O–H groups in total. The number of hydrogen-bond donors (Lipinski definition) is 2. The molecule has 0 fully saturated rings. The van der Waals surface area contributed by atoms with Gasteiger partial charge in [0, 0.05) is 16.6 Å². The van der Waals surface area contributed by atoms with Crippen LogP contribution in [0, 0.1) is 0 Å². The van der Waals surface area contributed by atoms with Crippen LogP contribution < -0.4 is 5.56 Å². The number of rotatable bonds is 0. The van der Waals surface area contributed by atoms with E-state index in [9.17, 15) is 4.79 Å². The highest BCUT2D eigenvalue weighted by atomic mass is 35.5. The highest BCUT2D eigenvalue weighted by Crippen LogP contribution is 2.22. The molecule has 5 heteroatoms. The number of pyridine rings is 1. The van der Waals surface area contributed by atoms with Gasteiger partial charge in [-0.05, 0) is 18.2 Å². The van der Waals surface area contributed by atoms with Gasteiger partial charge in [-0.3, -0.25) is 20.0 Å². The molecule has 2 aromatic heterocycles. The van der Waals surface area contributed by atoms with Crippen LogP contribution in [0.1, 0.15) is 0 Å². The van der Waals surface area contributed by atoms with E-state index in [0.29, 0.717) is 10.4 Å². The molecule has 0 saturated heterocycles. The molecule has 1 aromatic carbocycles. The average molecular weight is 220 g/mol. The van der Waals surface area contributed by atoms with Crippen molar-refractivity contribution >= 4 is 33.4 Å². The zero-order valence-corrected chi connectivity index (χ0v) is 8.30. The zero-order valence-electron chi connectivity index (χ0n) is 7.54. The van der Waals surface area contributed by atoms with Crippen LogP contribution in [-0.2, 0) is 0 Å². The molecule has 0 amide bonds. The molecule has 4 nitrogen and oxygen atoms in total. The Labute approximate surface area is 88.9 Å². The first kappa shape index (κ1) is 8.49. The summed E-state index contributed by atoms with van der Waals surface area (Å²) < 4.78 is 0. The Morgan fingerprint density at radius 3 is 2.93 bits per heavy atom. The van der Waals surface area contributed by atoms with Crippen molar-refractivity contribution in [3.05, 3.63) is 39.8 Å². The van der Waals surface area contributed by atoms with Crippen LogP contribution >= 0.6 is 11.6 Å². The minimum Gasteiger partial charge on any atom is -0.297 e. The minimum absolute atomic E-state index is 0.167. The molecule has 0 bridgehead atoms. The van der Waals surface area contributed by atoms with Crippen molar-refractivity contribution in [1.82, 2.24) is 15.2 Å². The Morgan fingerprint density at radius 1 is 1.20 bits per heavy atom. The van der Waals surface area contributed by atoms with E-state index in [2.05, 4.69) is 15.2 Å². The van der Waals surface area contributed by atoms with Gasteiger partial charge in [0.2, 0.25) is 0 Å². The Balaban J connectivity index is 2.63. The number of benzene rings is 1. The second-order valence-electron chi connectivity index (χ2n) is 3.29. The lowest BCUT2D eigenvalue weighted by molar-refractivity contribution is 1.08. The Hall–Kier alpha value is -1.81. The van der Waals surface area contributed by atoms with Crippen LogP contribution in [0.15, 0.2) is 29.2 Å². The standard InChI is InChI=1S/C10H6ClN3O/c11-5-1-2-8-6(3-5)9-7(4-12-8)10(15)14-13-9/h1-4H,(H2,13,14,15). The number of hydrogen-bond acceptors (Lipinski definition) is 2. The van der Waals surface area contributed by atoms with Gasteiger partial charge in [0.25, 0.3) is 5.56 Å². The molecule has 3 rings (SSSR count). The lowest BCUT2D eigenvalue weighted by Crippen LogP contribution is -1.97. The van der Waals surface area contributed by atoms with Gasteiger partial charge in [-0.15, -0.1) is 0 Å². The highest BCUT2D eigenvalue weighted by Gasteiger charge is 2.06. The van der Waals surface area contributed by atoms with Crippen LogP contribution in [-0.4, -0.2) is 15.2 Å². The third-order valence-corrected chi connectivity index (χ3v) is 2.61. The average Bonchev–Trinajstić information content (AvgIpc) is 2.61. The number of nitrogens with one attached hydrogen (secondary N) is 2. The second kappa shape index (κ2) is 2.84. The molecule has 0 aliphatic heterocycles. The second-order valence-corrected chi connectivity index (χ2v) is 3.72. The van der Waals surface area contributed by atoms with E-state index in [4.69, 9.17) is 11.6 Å². The van der Waals surface area contributed by atoms with Crippen molar-refractivity contribution in [2.24, 2.45) is 0 Å². The lowest BCUT2D eigenvalue weighted by Gasteiger charge is -1.98. The molecule has 2 heterocycles. The first-order valence-corrected chi connectivity index (χ1v) is 4.78. The molecule has 0 radical (unpaired) electrons. The van der Waals surface area contributed by atoms with Gasteiger partial charge in [-0.25, -0.2) is 0 Å². The predicted molar refractivity (Wildman–Crippen MR) is 59.2 cm³/mol. The summed E-state index contributed by atoms with van der Waals surface area (Å²) in [6.45, 7) is 0. The molecule has 74 valence electrons. The van der Waals surface area contributed by atoms with Gasteiger partial charge >= 0.3 is 0 Å². The summed E-state index contributed by atoms with van der Waals surface area (Å²) in [6.07, 6.45) is 1.56. The van der Waals surface area contributed by atoms with Crippen LogP contribution in [0.25, 0.3) is 21.8 Å². The van der Waals surface area contributed by atoms with Gasteiger partial charge in [-0.1, -0.05) is 11.6 Å². The first-order chi connectivity index (χ1) is 7.25. The number of halogens is 1. The third kappa shape index (κ3) is 1.15. The van der Waals surface area contributed by atoms with Crippen molar-refractivity contribution in [1.29, 1.82) is 0 Å². The molecule has 0 saturated carbocycles. The van der Waals surface area contributed by atoms with E-state index in [-0.39, 0.29) is 5.56 Å². The number of nitrogens with zero attached hydrogens (tertiary/aromatic N) is 1. The predicted octanol–water partition coefficient (Wildman–Crippen LogP) is 2.06. The fraction of sp³-hybridized carbons (Fsp3) is 0. The van der Waals surface area contributed by atoms with Crippen LogP contribution in [0.3, 0.4) is 0 Å². The number of aromatic nitrogens is 3. The summed E-state index contributed by atoms with van der Waals surface area (Å²) in [6, 6.07) is 5.38. The molecule has 0 spiro atoms. The van der Waals surface area contributed by atoms with Crippen molar-refractivity contribution in [3.8, 4) is 0 Å². The molecule has 0 aliphatic carbocycles.